The number of hydrogen-bond donors (Lipinski definition) is 1. The number of aromatic nitrogens is 1. The van der Waals surface area contributed by atoms with Crippen molar-refractivity contribution < 1.29 is 0 Å². The van der Waals surface area contributed by atoms with E-state index in [1.54, 1.807) is 0 Å². The van der Waals surface area contributed by atoms with Crippen LogP contribution in [-0.2, 0) is 0 Å². The van der Waals surface area contributed by atoms with E-state index in [2.05, 4.69) is 4.98 Å². The van der Waals surface area contributed by atoms with Crippen LogP contribution in [0.25, 0.3) is 6.08 Å². The predicted octanol–water partition coefficient (Wildman–Crippen LogP) is 2.40. The van der Waals surface area contributed by atoms with Crippen molar-refractivity contribution in [1.29, 1.82) is 0 Å². The van der Waals surface area contributed by atoms with Crippen molar-refractivity contribution in [2.45, 2.75) is 19.9 Å². The van der Waals surface area contributed by atoms with Gasteiger partial charge < -0.3 is 5.73 Å². The first-order valence-corrected chi connectivity index (χ1v) is 4.53. The Hall–Kier alpha value is -0.860. The second-order valence-electron chi connectivity index (χ2n) is 3.08. The van der Waals surface area contributed by atoms with Gasteiger partial charge in [0.25, 0.3) is 0 Å². The summed E-state index contributed by atoms with van der Waals surface area (Å²) in [5.41, 5.74) is 7.53. The van der Waals surface area contributed by atoms with Gasteiger partial charge in [-0.05, 0) is 31.5 Å². The van der Waals surface area contributed by atoms with Crippen molar-refractivity contribution in [2.24, 2.45) is 5.73 Å². The van der Waals surface area contributed by atoms with Gasteiger partial charge in [-0.25, -0.2) is 4.98 Å². The molecule has 0 aliphatic carbocycles. The van der Waals surface area contributed by atoms with Crippen LogP contribution in [0.3, 0.4) is 0 Å². The van der Waals surface area contributed by atoms with Crippen LogP contribution in [0.5, 0.6) is 0 Å². The number of halogens is 1. The SMILES string of the molecule is Cc1cc(/C=C/C(C)N)cc(Cl)n1. The van der Waals surface area contributed by atoms with Gasteiger partial charge in [0.2, 0.25) is 0 Å². The maximum atomic E-state index is 5.79. The number of pyridine rings is 1. The topological polar surface area (TPSA) is 38.9 Å². The molecule has 0 aliphatic heterocycles. The molecule has 70 valence electrons. The van der Waals surface area contributed by atoms with E-state index in [4.69, 9.17) is 17.3 Å². The number of nitrogens with zero attached hydrogens (tertiary/aromatic N) is 1. The lowest BCUT2D eigenvalue weighted by Crippen LogP contribution is -2.09. The van der Waals surface area contributed by atoms with Crippen LogP contribution in [0.4, 0.5) is 0 Å². The molecule has 0 saturated heterocycles. The molecule has 3 heteroatoms. The molecule has 2 nitrogen and oxygen atoms in total. The number of hydrogen-bond acceptors (Lipinski definition) is 2. The lowest BCUT2D eigenvalue weighted by Gasteiger charge is -1.98. The van der Waals surface area contributed by atoms with Crippen LogP contribution in [0.15, 0.2) is 18.2 Å². The fraction of sp³-hybridized carbons (Fsp3) is 0.300. The average Bonchev–Trinajstić information content (AvgIpc) is 1.99. The summed E-state index contributed by atoms with van der Waals surface area (Å²) >= 11 is 5.79. The molecule has 0 aromatic carbocycles. The zero-order valence-electron chi connectivity index (χ0n) is 7.79. The molecule has 1 atom stereocenters. The summed E-state index contributed by atoms with van der Waals surface area (Å²) in [6.07, 6.45) is 3.87. The molecule has 1 aromatic heterocycles. The molecule has 1 rings (SSSR count). The molecule has 2 N–H and O–H groups in total. The molecule has 0 saturated carbocycles. The summed E-state index contributed by atoms with van der Waals surface area (Å²) in [6, 6.07) is 3.84. The van der Waals surface area contributed by atoms with E-state index in [0.29, 0.717) is 5.15 Å². The molecule has 0 aliphatic rings. The minimum atomic E-state index is 0.0623. The lowest BCUT2D eigenvalue weighted by molar-refractivity contribution is 0.930. The Kier molecular flexibility index (Phi) is 3.46. The number of aryl methyl sites for hydroxylation is 1. The highest BCUT2D eigenvalue weighted by Gasteiger charge is 1.94. The van der Waals surface area contributed by atoms with Gasteiger partial charge in [0, 0.05) is 11.7 Å². The minimum Gasteiger partial charge on any atom is -0.325 e. The molecule has 1 heterocycles. The summed E-state index contributed by atoms with van der Waals surface area (Å²) in [5.74, 6) is 0. The Bertz CT molecular complexity index is 298. The van der Waals surface area contributed by atoms with Gasteiger partial charge in [0.15, 0.2) is 0 Å². The third kappa shape index (κ3) is 3.57. The van der Waals surface area contributed by atoms with Crippen LogP contribution in [0.1, 0.15) is 18.2 Å². The lowest BCUT2D eigenvalue weighted by atomic mass is 10.2. The van der Waals surface area contributed by atoms with E-state index in [9.17, 15) is 0 Å². The van der Waals surface area contributed by atoms with E-state index < -0.39 is 0 Å². The first-order chi connectivity index (χ1) is 6.08. The largest absolute Gasteiger partial charge is 0.325 e. The fourth-order valence-electron chi connectivity index (χ4n) is 1.01. The molecule has 0 amide bonds. The zero-order valence-corrected chi connectivity index (χ0v) is 8.55. The van der Waals surface area contributed by atoms with Crippen molar-refractivity contribution in [2.75, 3.05) is 0 Å². The maximum Gasteiger partial charge on any atom is 0.129 e. The van der Waals surface area contributed by atoms with E-state index in [-0.39, 0.29) is 6.04 Å². The third-order valence-corrected chi connectivity index (χ3v) is 1.73. The fourth-order valence-corrected chi connectivity index (χ4v) is 1.27. The summed E-state index contributed by atoms with van der Waals surface area (Å²) in [7, 11) is 0. The Labute approximate surface area is 83.4 Å². The van der Waals surface area contributed by atoms with Crippen LogP contribution < -0.4 is 5.73 Å². The Morgan fingerprint density at radius 3 is 2.77 bits per heavy atom. The Balaban J connectivity index is 2.89. The van der Waals surface area contributed by atoms with Crippen LogP contribution in [-0.4, -0.2) is 11.0 Å². The van der Waals surface area contributed by atoms with Gasteiger partial charge >= 0.3 is 0 Å². The smallest absolute Gasteiger partial charge is 0.129 e. The molecule has 13 heavy (non-hydrogen) atoms. The quantitative estimate of drug-likeness (QED) is 0.738. The van der Waals surface area contributed by atoms with E-state index in [0.717, 1.165) is 11.3 Å². The van der Waals surface area contributed by atoms with Crippen LogP contribution in [0, 0.1) is 6.92 Å². The van der Waals surface area contributed by atoms with Crippen molar-refractivity contribution in [3.05, 3.63) is 34.6 Å². The highest BCUT2D eigenvalue weighted by atomic mass is 35.5. The van der Waals surface area contributed by atoms with Crippen molar-refractivity contribution in [1.82, 2.24) is 4.98 Å². The van der Waals surface area contributed by atoms with Crippen LogP contribution in [0.2, 0.25) is 5.15 Å². The Morgan fingerprint density at radius 1 is 1.54 bits per heavy atom. The minimum absolute atomic E-state index is 0.0623. The molecule has 1 aromatic rings. The van der Waals surface area contributed by atoms with Crippen molar-refractivity contribution in [3.63, 3.8) is 0 Å². The summed E-state index contributed by atoms with van der Waals surface area (Å²) in [6.45, 7) is 3.83. The second-order valence-corrected chi connectivity index (χ2v) is 3.47. The third-order valence-electron chi connectivity index (χ3n) is 1.54. The van der Waals surface area contributed by atoms with Gasteiger partial charge in [-0.1, -0.05) is 23.8 Å². The van der Waals surface area contributed by atoms with Gasteiger partial charge in [-0.2, -0.15) is 0 Å². The molecular formula is C10H13ClN2. The van der Waals surface area contributed by atoms with E-state index >= 15 is 0 Å². The van der Waals surface area contributed by atoms with E-state index in [1.807, 2.05) is 38.1 Å². The molecule has 0 radical (unpaired) electrons. The summed E-state index contributed by atoms with van der Waals surface area (Å²) in [4.78, 5) is 4.06. The molecule has 1 unspecified atom stereocenters. The standard InChI is InChI=1S/C10H13ClN2/c1-7(12)3-4-9-5-8(2)13-10(11)6-9/h3-7H,12H2,1-2H3/b4-3+. The summed E-state index contributed by atoms with van der Waals surface area (Å²) in [5, 5.41) is 0.518. The predicted molar refractivity (Wildman–Crippen MR) is 56.7 cm³/mol. The zero-order chi connectivity index (χ0) is 9.84. The first-order valence-electron chi connectivity index (χ1n) is 4.16. The van der Waals surface area contributed by atoms with Crippen LogP contribution >= 0.6 is 11.6 Å². The number of rotatable bonds is 2. The average molecular weight is 197 g/mol. The summed E-state index contributed by atoms with van der Waals surface area (Å²) < 4.78 is 0. The van der Waals surface area contributed by atoms with Gasteiger partial charge in [0.1, 0.15) is 5.15 Å². The first kappa shape index (κ1) is 10.2. The van der Waals surface area contributed by atoms with Gasteiger partial charge in [-0.15, -0.1) is 0 Å². The highest BCUT2D eigenvalue weighted by Crippen LogP contribution is 2.11. The monoisotopic (exact) mass is 196 g/mol. The highest BCUT2D eigenvalue weighted by molar-refractivity contribution is 6.29. The van der Waals surface area contributed by atoms with Gasteiger partial charge in [-0.3, -0.25) is 0 Å². The van der Waals surface area contributed by atoms with E-state index in [1.165, 1.54) is 0 Å². The maximum absolute atomic E-state index is 5.79. The molecule has 0 bridgehead atoms. The van der Waals surface area contributed by atoms with Gasteiger partial charge in [0.05, 0.1) is 0 Å². The number of nitrogens with two attached hydrogens (primary N) is 1. The van der Waals surface area contributed by atoms with Crippen molar-refractivity contribution in [3.8, 4) is 0 Å². The molecule has 0 spiro atoms. The molecular weight excluding hydrogens is 184 g/mol. The second kappa shape index (κ2) is 4.40. The normalized spacial score (nSPS) is 13.5. The molecule has 0 fully saturated rings. The Morgan fingerprint density at radius 2 is 2.23 bits per heavy atom. The van der Waals surface area contributed by atoms with Crippen molar-refractivity contribution >= 4 is 17.7 Å².